The maximum atomic E-state index is 6.65. The smallest absolute Gasteiger partial charge is 0.131 e. The van der Waals surface area contributed by atoms with Crippen LogP contribution < -0.4 is 4.74 Å². The number of aromatic nitrogens is 1. The summed E-state index contributed by atoms with van der Waals surface area (Å²) < 4.78 is 18.1. The van der Waals surface area contributed by atoms with Crippen molar-refractivity contribution in [1.82, 2.24) is 9.88 Å². The van der Waals surface area contributed by atoms with Crippen LogP contribution in [0.5, 0.6) is 5.75 Å². The van der Waals surface area contributed by atoms with E-state index in [1.807, 2.05) is 30.5 Å². The summed E-state index contributed by atoms with van der Waals surface area (Å²) in [4.78, 5) is 9.91. The molecule has 6 heteroatoms. The number of fused-ring (bicyclic) bond motifs is 3. The van der Waals surface area contributed by atoms with Crippen LogP contribution in [0.1, 0.15) is 55.4 Å². The van der Waals surface area contributed by atoms with Crippen LogP contribution in [0.15, 0.2) is 24.4 Å². The molecule has 0 radical (unpaired) electrons. The molecule has 0 aromatic carbocycles. The molecule has 0 spiro atoms. The summed E-state index contributed by atoms with van der Waals surface area (Å²) in [6.45, 7) is 7.44. The van der Waals surface area contributed by atoms with Crippen LogP contribution in [0.2, 0.25) is 0 Å². The number of hydrogen-bond donors (Lipinski definition) is 0. The van der Waals surface area contributed by atoms with Crippen molar-refractivity contribution in [2.45, 2.75) is 63.5 Å². The maximum Gasteiger partial charge on any atom is 0.131 e. The second-order valence-electron chi connectivity index (χ2n) is 8.97. The van der Waals surface area contributed by atoms with Gasteiger partial charge in [-0.15, -0.1) is 11.3 Å². The summed E-state index contributed by atoms with van der Waals surface area (Å²) in [5.74, 6) is 1.50. The quantitative estimate of drug-likeness (QED) is 0.449. The Morgan fingerprint density at radius 3 is 2.84 bits per heavy atom. The summed E-state index contributed by atoms with van der Waals surface area (Å²) in [6.07, 6.45) is 13.4. The van der Waals surface area contributed by atoms with Crippen molar-refractivity contribution in [3.8, 4) is 5.75 Å². The zero-order valence-electron chi connectivity index (χ0n) is 18.6. The number of ether oxygens (including phenoxy) is 3. The Hall–Kier alpha value is -1.47. The Morgan fingerprint density at radius 2 is 2.03 bits per heavy atom. The lowest BCUT2D eigenvalue weighted by atomic mass is 9.91. The van der Waals surface area contributed by atoms with Crippen LogP contribution in [-0.2, 0) is 15.9 Å². The van der Waals surface area contributed by atoms with Crippen LogP contribution in [0.3, 0.4) is 0 Å². The zero-order valence-corrected chi connectivity index (χ0v) is 19.4. The first-order valence-electron chi connectivity index (χ1n) is 11.9. The molecule has 2 aliphatic carbocycles. The number of pyridine rings is 1. The van der Waals surface area contributed by atoms with Gasteiger partial charge < -0.3 is 14.2 Å². The Balaban J connectivity index is 1.27. The molecule has 1 saturated carbocycles. The molecule has 1 atom stereocenters. The summed E-state index contributed by atoms with van der Waals surface area (Å²) >= 11 is 1.85. The van der Waals surface area contributed by atoms with E-state index >= 15 is 0 Å². The number of aryl methyl sites for hydroxylation is 1. The molecule has 5 rings (SSSR count). The molecule has 5 nitrogen and oxygen atoms in total. The van der Waals surface area contributed by atoms with E-state index in [1.165, 1.54) is 35.1 Å². The number of morpholine rings is 1. The molecule has 0 amide bonds. The van der Waals surface area contributed by atoms with Gasteiger partial charge in [-0.25, -0.2) is 4.98 Å². The molecule has 1 saturated heterocycles. The summed E-state index contributed by atoms with van der Waals surface area (Å²) in [5, 5.41) is 1.26. The van der Waals surface area contributed by atoms with E-state index in [2.05, 4.69) is 22.0 Å². The average Bonchev–Trinajstić information content (AvgIpc) is 3.38. The Kier molecular flexibility index (Phi) is 6.89. The molecular weight excluding hydrogens is 408 g/mol. The van der Waals surface area contributed by atoms with Crippen molar-refractivity contribution >= 4 is 21.6 Å². The predicted octanol–water partition coefficient (Wildman–Crippen LogP) is 4.94. The van der Waals surface area contributed by atoms with E-state index in [-0.39, 0.29) is 0 Å². The van der Waals surface area contributed by atoms with Gasteiger partial charge in [0.15, 0.2) is 0 Å². The highest BCUT2D eigenvalue weighted by Gasteiger charge is 2.31. The first-order valence-corrected chi connectivity index (χ1v) is 12.7. The van der Waals surface area contributed by atoms with Crippen LogP contribution in [0, 0.1) is 0 Å². The molecule has 3 aliphatic rings. The van der Waals surface area contributed by atoms with Crippen molar-refractivity contribution < 1.29 is 14.2 Å². The minimum atomic E-state index is 0.309. The van der Waals surface area contributed by atoms with E-state index < -0.39 is 0 Å². The van der Waals surface area contributed by atoms with Crippen molar-refractivity contribution in [3.63, 3.8) is 0 Å². The second-order valence-corrected chi connectivity index (χ2v) is 10.1. The number of allylic oxidation sites excluding steroid dienone is 1. The van der Waals surface area contributed by atoms with E-state index in [1.54, 1.807) is 0 Å². The van der Waals surface area contributed by atoms with Gasteiger partial charge in [-0.2, -0.15) is 0 Å². The highest BCUT2D eigenvalue weighted by molar-refractivity contribution is 7.19. The molecule has 2 fully saturated rings. The summed E-state index contributed by atoms with van der Waals surface area (Å²) in [6, 6.07) is 2.78. The molecular formula is C25H34N2O3S. The SMILES string of the molecule is C/C=C/COC[C@H]1CCc2sc3nccc(OC4CCC(N5CCOCC5)CC4)c3c21. The van der Waals surface area contributed by atoms with Gasteiger partial charge in [0.2, 0.25) is 0 Å². The minimum absolute atomic E-state index is 0.309. The lowest BCUT2D eigenvalue weighted by Gasteiger charge is -2.38. The highest BCUT2D eigenvalue weighted by atomic mass is 32.1. The maximum absolute atomic E-state index is 6.65. The standard InChI is InChI=1S/C25H34N2O3S/c1-2-3-14-29-17-18-4-9-22-23(18)24-21(10-11-26-25(24)31-22)30-20-7-5-19(6-8-20)27-12-15-28-16-13-27/h2-3,10-11,18-20H,4-9,12-17H2,1H3/b3-2+/t18-,19?,20?/m1/s1. The fourth-order valence-corrected chi connectivity index (χ4v) is 6.68. The molecule has 0 unspecified atom stereocenters. The van der Waals surface area contributed by atoms with Crippen LogP contribution in [-0.4, -0.2) is 61.5 Å². The molecule has 0 N–H and O–H groups in total. The lowest BCUT2D eigenvalue weighted by molar-refractivity contribution is -0.000920. The van der Waals surface area contributed by atoms with E-state index in [4.69, 9.17) is 14.2 Å². The number of nitrogens with zero attached hydrogens (tertiary/aromatic N) is 2. The second kappa shape index (κ2) is 9.99. The number of rotatable bonds is 7. The third-order valence-corrected chi connectivity index (χ3v) is 8.24. The minimum Gasteiger partial charge on any atom is -0.490 e. The molecule has 31 heavy (non-hydrogen) atoms. The van der Waals surface area contributed by atoms with Crippen molar-refractivity contribution in [1.29, 1.82) is 0 Å². The first-order chi connectivity index (χ1) is 15.3. The normalized spacial score (nSPS) is 27.2. The van der Waals surface area contributed by atoms with Gasteiger partial charge in [0.05, 0.1) is 37.9 Å². The van der Waals surface area contributed by atoms with E-state index in [0.717, 1.165) is 62.8 Å². The van der Waals surface area contributed by atoms with Gasteiger partial charge in [-0.3, -0.25) is 4.90 Å². The van der Waals surface area contributed by atoms with Gasteiger partial charge in [-0.05, 0) is 57.1 Å². The zero-order chi connectivity index (χ0) is 21.0. The molecule has 0 bridgehead atoms. The van der Waals surface area contributed by atoms with Crippen LogP contribution >= 0.6 is 11.3 Å². The topological polar surface area (TPSA) is 43.8 Å². The van der Waals surface area contributed by atoms with Crippen molar-refractivity contribution in [2.24, 2.45) is 0 Å². The Labute approximate surface area is 189 Å². The van der Waals surface area contributed by atoms with Gasteiger partial charge >= 0.3 is 0 Å². The Morgan fingerprint density at radius 1 is 1.19 bits per heavy atom. The number of hydrogen-bond acceptors (Lipinski definition) is 6. The average molecular weight is 443 g/mol. The third-order valence-electron chi connectivity index (χ3n) is 7.06. The predicted molar refractivity (Wildman–Crippen MR) is 125 cm³/mol. The highest BCUT2D eigenvalue weighted by Crippen LogP contribution is 2.47. The van der Waals surface area contributed by atoms with Crippen molar-refractivity contribution in [3.05, 3.63) is 34.9 Å². The van der Waals surface area contributed by atoms with E-state index in [9.17, 15) is 0 Å². The van der Waals surface area contributed by atoms with Gasteiger partial charge in [0, 0.05) is 36.1 Å². The van der Waals surface area contributed by atoms with Gasteiger partial charge in [0.25, 0.3) is 0 Å². The fraction of sp³-hybridized carbons (Fsp3) is 0.640. The largest absolute Gasteiger partial charge is 0.490 e. The van der Waals surface area contributed by atoms with Gasteiger partial charge in [-0.1, -0.05) is 12.2 Å². The summed E-state index contributed by atoms with van der Waals surface area (Å²) in [5.41, 5.74) is 1.45. The molecule has 168 valence electrons. The molecule has 3 heterocycles. The fourth-order valence-electron chi connectivity index (χ4n) is 5.42. The van der Waals surface area contributed by atoms with Crippen LogP contribution in [0.4, 0.5) is 0 Å². The van der Waals surface area contributed by atoms with Crippen molar-refractivity contribution in [2.75, 3.05) is 39.5 Å². The lowest BCUT2D eigenvalue weighted by Crippen LogP contribution is -2.46. The van der Waals surface area contributed by atoms with Crippen LogP contribution in [0.25, 0.3) is 10.2 Å². The first kappa shape index (κ1) is 21.4. The Bertz CT molecular complexity index is 898. The monoisotopic (exact) mass is 442 g/mol. The summed E-state index contributed by atoms with van der Waals surface area (Å²) in [7, 11) is 0. The molecule has 2 aromatic rings. The molecule has 1 aliphatic heterocycles. The number of thiophene rings is 1. The van der Waals surface area contributed by atoms with E-state index in [0.29, 0.717) is 24.7 Å². The third kappa shape index (κ3) is 4.68. The van der Waals surface area contributed by atoms with Gasteiger partial charge in [0.1, 0.15) is 10.6 Å². The molecule has 2 aromatic heterocycles.